The molecule has 1 rings (SSSR count). The molecule has 0 unspecified atom stereocenters. The van der Waals surface area contributed by atoms with E-state index in [1.807, 2.05) is 18.2 Å². The third kappa shape index (κ3) is 4.80. The zero-order valence-corrected chi connectivity index (χ0v) is 11.3. The molecule has 0 amide bonds. The lowest BCUT2D eigenvalue weighted by molar-refractivity contribution is 0.348. The lowest BCUT2D eigenvalue weighted by Crippen LogP contribution is -2.18. The van der Waals surface area contributed by atoms with Gasteiger partial charge in [-0.15, -0.1) is 0 Å². The number of ether oxygens (including phenoxy) is 1. The normalized spacial score (nSPS) is 10.3. The van der Waals surface area contributed by atoms with Gasteiger partial charge in [-0.1, -0.05) is 32.0 Å². The second-order valence-electron chi connectivity index (χ2n) is 3.93. The molecule has 0 aliphatic carbocycles. The quantitative estimate of drug-likeness (QED) is 0.752. The van der Waals surface area contributed by atoms with E-state index >= 15 is 0 Å². The lowest BCUT2D eigenvalue weighted by Gasteiger charge is -2.10. The van der Waals surface area contributed by atoms with Crippen LogP contribution in [0.1, 0.15) is 19.4 Å². The topological polar surface area (TPSA) is 21.3 Å². The molecule has 1 aromatic rings. The second-order valence-corrected chi connectivity index (χ2v) is 4.33. The largest absolute Gasteiger partial charge is 0.489 e. The summed E-state index contributed by atoms with van der Waals surface area (Å²) in [7, 11) is 0. The van der Waals surface area contributed by atoms with Gasteiger partial charge in [0.05, 0.1) is 0 Å². The summed E-state index contributed by atoms with van der Waals surface area (Å²) in [6, 6.07) is 5.76. The van der Waals surface area contributed by atoms with Gasteiger partial charge in [0.15, 0.2) is 0 Å². The van der Waals surface area contributed by atoms with E-state index in [-0.39, 0.29) is 0 Å². The van der Waals surface area contributed by atoms with Gasteiger partial charge in [-0.3, -0.25) is 0 Å². The van der Waals surface area contributed by atoms with E-state index in [2.05, 4.69) is 25.7 Å². The number of likely N-dealkylation sites (N-methyl/N-ethyl adjacent to an activating group) is 1. The first-order valence-electron chi connectivity index (χ1n) is 5.96. The summed E-state index contributed by atoms with van der Waals surface area (Å²) in [5, 5.41) is 4.01. The fourth-order valence-corrected chi connectivity index (χ4v) is 1.70. The molecule has 0 aromatic heterocycles. The maximum absolute atomic E-state index is 6.04. The number of benzene rings is 1. The standard InChI is InChI=1S/C14H20ClNO/c1-4-12-8-13(6-7-14(12)15)17-10-11(3)9-16-5-2/h6-8,16H,3-5,9-10H2,1-2H3. The van der Waals surface area contributed by atoms with Crippen molar-refractivity contribution >= 4 is 11.6 Å². The minimum Gasteiger partial charge on any atom is -0.489 e. The minimum absolute atomic E-state index is 0.539. The summed E-state index contributed by atoms with van der Waals surface area (Å²) in [5.41, 5.74) is 2.15. The molecular formula is C14H20ClNO. The van der Waals surface area contributed by atoms with Crippen molar-refractivity contribution in [1.29, 1.82) is 0 Å². The number of hydrogen-bond acceptors (Lipinski definition) is 2. The smallest absolute Gasteiger partial charge is 0.120 e. The number of aryl methyl sites for hydroxylation is 1. The van der Waals surface area contributed by atoms with Gasteiger partial charge in [-0.25, -0.2) is 0 Å². The molecule has 1 aromatic carbocycles. The van der Waals surface area contributed by atoms with Crippen molar-refractivity contribution in [3.8, 4) is 5.75 Å². The Bertz CT molecular complexity index is 376. The molecule has 0 bridgehead atoms. The summed E-state index contributed by atoms with van der Waals surface area (Å²) < 4.78 is 5.66. The maximum Gasteiger partial charge on any atom is 0.120 e. The second kappa shape index (κ2) is 7.36. The van der Waals surface area contributed by atoms with Crippen LogP contribution >= 0.6 is 11.6 Å². The Morgan fingerprint density at radius 3 is 2.82 bits per heavy atom. The van der Waals surface area contributed by atoms with Gasteiger partial charge in [-0.05, 0) is 42.3 Å². The average molecular weight is 254 g/mol. The Balaban J connectivity index is 2.49. The van der Waals surface area contributed by atoms with Crippen LogP contribution in [-0.4, -0.2) is 19.7 Å². The van der Waals surface area contributed by atoms with E-state index in [0.29, 0.717) is 6.61 Å². The molecule has 0 spiro atoms. The molecule has 0 aliphatic rings. The molecule has 0 saturated heterocycles. The van der Waals surface area contributed by atoms with Crippen molar-refractivity contribution in [3.05, 3.63) is 40.9 Å². The Labute approximate surface area is 109 Å². The highest BCUT2D eigenvalue weighted by Crippen LogP contribution is 2.22. The summed E-state index contributed by atoms with van der Waals surface area (Å²) in [5.74, 6) is 0.851. The highest BCUT2D eigenvalue weighted by atomic mass is 35.5. The molecule has 0 atom stereocenters. The molecule has 1 N–H and O–H groups in total. The van der Waals surface area contributed by atoms with E-state index < -0.39 is 0 Å². The first-order valence-corrected chi connectivity index (χ1v) is 6.33. The number of hydrogen-bond donors (Lipinski definition) is 1. The van der Waals surface area contributed by atoms with E-state index in [1.165, 1.54) is 0 Å². The van der Waals surface area contributed by atoms with Crippen LogP contribution in [0.2, 0.25) is 5.02 Å². The van der Waals surface area contributed by atoms with Gasteiger partial charge in [0.25, 0.3) is 0 Å². The molecule has 0 saturated carbocycles. The predicted molar refractivity (Wildman–Crippen MR) is 74.0 cm³/mol. The van der Waals surface area contributed by atoms with Crippen LogP contribution in [0, 0.1) is 0 Å². The summed E-state index contributed by atoms with van der Waals surface area (Å²) in [4.78, 5) is 0. The Kier molecular flexibility index (Phi) is 6.09. The number of halogens is 1. The predicted octanol–water partition coefficient (Wildman–Crippen LogP) is 3.45. The monoisotopic (exact) mass is 253 g/mol. The van der Waals surface area contributed by atoms with E-state index in [9.17, 15) is 0 Å². The van der Waals surface area contributed by atoms with Gasteiger partial charge < -0.3 is 10.1 Å². The molecule has 17 heavy (non-hydrogen) atoms. The Morgan fingerprint density at radius 2 is 2.18 bits per heavy atom. The summed E-state index contributed by atoms with van der Waals surface area (Å²) in [6.07, 6.45) is 0.911. The maximum atomic E-state index is 6.04. The SMILES string of the molecule is C=C(CNCC)COc1ccc(Cl)c(CC)c1. The zero-order chi connectivity index (χ0) is 12.7. The fourth-order valence-electron chi connectivity index (χ4n) is 1.45. The molecule has 0 radical (unpaired) electrons. The van der Waals surface area contributed by atoms with Crippen molar-refractivity contribution in [3.63, 3.8) is 0 Å². The van der Waals surface area contributed by atoms with Gasteiger partial charge in [0.2, 0.25) is 0 Å². The van der Waals surface area contributed by atoms with Gasteiger partial charge in [-0.2, -0.15) is 0 Å². The fraction of sp³-hybridized carbons (Fsp3) is 0.429. The zero-order valence-electron chi connectivity index (χ0n) is 10.6. The molecule has 94 valence electrons. The number of nitrogens with one attached hydrogen (secondary N) is 1. The van der Waals surface area contributed by atoms with Crippen LogP contribution in [0.3, 0.4) is 0 Å². The summed E-state index contributed by atoms with van der Waals surface area (Å²) >= 11 is 6.04. The summed E-state index contributed by atoms with van der Waals surface area (Å²) in [6.45, 7) is 10.4. The first-order chi connectivity index (χ1) is 8.17. The van der Waals surface area contributed by atoms with Crippen molar-refractivity contribution in [1.82, 2.24) is 5.32 Å². The van der Waals surface area contributed by atoms with Gasteiger partial charge >= 0.3 is 0 Å². The third-order valence-electron chi connectivity index (χ3n) is 2.47. The van der Waals surface area contributed by atoms with Crippen molar-refractivity contribution < 1.29 is 4.74 Å². The third-order valence-corrected chi connectivity index (χ3v) is 2.83. The van der Waals surface area contributed by atoms with E-state index in [0.717, 1.165) is 41.4 Å². The average Bonchev–Trinajstić information content (AvgIpc) is 2.35. The molecule has 3 heteroatoms. The van der Waals surface area contributed by atoms with Crippen LogP contribution in [0.15, 0.2) is 30.4 Å². The van der Waals surface area contributed by atoms with E-state index in [1.54, 1.807) is 0 Å². The van der Waals surface area contributed by atoms with Crippen LogP contribution < -0.4 is 10.1 Å². The van der Waals surface area contributed by atoms with Crippen molar-refractivity contribution in [2.75, 3.05) is 19.7 Å². The van der Waals surface area contributed by atoms with E-state index in [4.69, 9.17) is 16.3 Å². The van der Waals surface area contributed by atoms with Gasteiger partial charge in [0, 0.05) is 11.6 Å². The first kappa shape index (κ1) is 14.1. The van der Waals surface area contributed by atoms with Gasteiger partial charge in [0.1, 0.15) is 12.4 Å². The minimum atomic E-state index is 0.539. The van der Waals surface area contributed by atoms with Crippen molar-refractivity contribution in [2.45, 2.75) is 20.3 Å². The highest BCUT2D eigenvalue weighted by Gasteiger charge is 2.02. The van der Waals surface area contributed by atoms with Crippen LogP contribution in [-0.2, 0) is 6.42 Å². The Morgan fingerprint density at radius 1 is 1.41 bits per heavy atom. The molecule has 2 nitrogen and oxygen atoms in total. The van der Waals surface area contributed by atoms with Crippen molar-refractivity contribution in [2.24, 2.45) is 0 Å². The molecule has 0 aliphatic heterocycles. The number of rotatable bonds is 7. The molecular weight excluding hydrogens is 234 g/mol. The molecule has 0 heterocycles. The van der Waals surface area contributed by atoms with Crippen LogP contribution in [0.25, 0.3) is 0 Å². The lowest BCUT2D eigenvalue weighted by atomic mass is 10.1. The Hall–Kier alpha value is -0.990. The van der Waals surface area contributed by atoms with Crippen LogP contribution in [0.4, 0.5) is 0 Å². The highest BCUT2D eigenvalue weighted by molar-refractivity contribution is 6.31. The molecule has 0 fully saturated rings. The van der Waals surface area contributed by atoms with Crippen LogP contribution in [0.5, 0.6) is 5.75 Å².